The highest BCUT2D eigenvalue weighted by atomic mass is 32.1. The fourth-order valence-electron chi connectivity index (χ4n) is 5.58. The first-order valence-electron chi connectivity index (χ1n) is 15.4. The smallest absolute Gasteiger partial charge is 0.255 e. The van der Waals surface area contributed by atoms with Crippen LogP contribution >= 0.6 is 11.3 Å². The second kappa shape index (κ2) is 15.8. The van der Waals surface area contributed by atoms with E-state index in [-0.39, 0.29) is 42.3 Å². The molecule has 4 aliphatic rings. The Morgan fingerprint density at radius 3 is 2.33 bits per heavy atom. The average molecular weight is 640 g/mol. The minimum absolute atomic E-state index is 0.0434. The zero-order valence-electron chi connectivity index (χ0n) is 26.3. The maximum atomic E-state index is 14.3. The summed E-state index contributed by atoms with van der Waals surface area (Å²) in [5.41, 5.74) is 3.34. The van der Waals surface area contributed by atoms with Crippen LogP contribution in [0.1, 0.15) is 90.2 Å². The van der Waals surface area contributed by atoms with Gasteiger partial charge in [-0.05, 0) is 61.9 Å². The Kier molecular flexibility index (Phi) is 11.9. The maximum Gasteiger partial charge on any atom is 0.255 e. The summed E-state index contributed by atoms with van der Waals surface area (Å²) in [4.78, 5) is 50.3. The average Bonchev–Trinajstić information content (AvgIpc) is 3.60. The second-order valence-electron chi connectivity index (χ2n) is 11.4. The van der Waals surface area contributed by atoms with Gasteiger partial charge in [-0.3, -0.25) is 24.5 Å². The number of methoxy groups -OCH3 is 1. The molecule has 242 valence electrons. The van der Waals surface area contributed by atoms with E-state index >= 15 is 0 Å². The molecule has 3 N–H and O–H groups in total. The third kappa shape index (κ3) is 8.36. The van der Waals surface area contributed by atoms with Crippen molar-refractivity contribution in [3.05, 3.63) is 51.8 Å². The molecule has 1 aromatic heterocycles. The Balaban J connectivity index is 0.000000171. The number of carbonyl (C=O) groups excluding carboxylic acids is 4. The fraction of sp³-hybridized carbons (Fsp3) is 0.485. The SMILES string of the molecule is C1CC1.CNC=O.CNc1ccc2c(c1F)CN(C1CCC(=O)NC1=O)C2=O.COc1cc(C2CCCC2)cc2sc(C)nc12. The molecule has 1 atom stereocenters. The van der Waals surface area contributed by atoms with Crippen LogP contribution in [-0.2, 0) is 20.9 Å². The van der Waals surface area contributed by atoms with Gasteiger partial charge >= 0.3 is 0 Å². The number of aromatic nitrogens is 1. The Labute approximate surface area is 267 Å². The van der Waals surface area contributed by atoms with Crippen LogP contribution in [0.15, 0.2) is 24.3 Å². The molecule has 3 fully saturated rings. The van der Waals surface area contributed by atoms with Gasteiger partial charge in [0, 0.05) is 31.6 Å². The zero-order valence-corrected chi connectivity index (χ0v) is 27.2. The normalized spacial score (nSPS) is 18.4. The largest absolute Gasteiger partial charge is 0.494 e. The standard InChI is InChI=1S/C14H14FN3O3.C14H17NOS.C3H6.C2H5NO/c1-16-9-3-2-7-8(12(9)15)6-18(14(7)21)10-4-5-11(19)17-13(10)20;1-9-15-14-12(16-2)7-11(8-13(14)17-9)10-5-3-4-6-10;1-2-3-1;1-3-2-4/h2-3,10,16H,4-6H2,1H3,(H,17,19,20);7-8,10H,3-6H2,1-2H3;1-3H2;2H,1H3,(H,3,4). The number of fused-ring (bicyclic) bond motifs is 2. The van der Waals surface area contributed by atoms with Crippen LogP contribution in [0.2, 0.25) is 0 Å². The number of anilines is 1. The number of thiazole rings is 1. The van der Waals surface area contributed by atoms with E-state index in [4.69, 9.17) is 9.53 Å². The van der Waals surface area contributed by atoms with Crippen molar-refractivity contribution in [2.45, 2.75) is 83.2 Å². The number of imide groups is 1. The van der Waals surface area contributed by atoms with E-state index in [2.05, 4.69) is 40.0 Å². The number of carbonyl (C=O) groups is 4. The van der Waals surface area contributed by atoms with E-state index in [0.717, 1.165) is 22.2 Å². The minimum atomic E-state index is -0.722. The molecular weight excluding hydrogens is 597 g/mol. The molecule has 0 spiro atoms. The summed E-state index contributed by atoms with van der Waals surface area (Å²) in [6, 6.07) is 6.84. The molecule has 2 aromatic carbocycles. The number of nitrogens with one attached hydrogen (secondary N) is 3. The van der Waals surface area contributed by atoms with Crippen molar-refractivity contribution in [3.8, 4) is 5.75 Å². The molecule has 10 nitrogen and oxygen atoms in total. The number of piperidine rings is 1. The zero-order chi connectivity index (χ0) is 32.5. The number of hydrogen-bond donors (Lipinski definition) is 3. The number of halogens is 1. The minimum Gasteiger partial charge on any atom is -0.494 e. The van der Waals surface area contributed by atoms with E-state index in [1.54, 1.807) is 38.6 Å². The van der Waals surface area contributed by atoms with Gasteiger partial charge < -0.3 is 20.3 Å². The molecule has 2 aliphatic heterocycles. The summed E-state index contributed by atoms with van der Waals surface area (Å²) in [6.45, 7) is 2.10. The lowest BCUT2D eigenvalue weighted by Gasteiger charge is -2.29. The van der Waals surface area contributed by atoms with Crippen LogP contribution in [-0.4, -0.2) is 61.3 Å². The highest BCUT2D eigenvalue weighted by Crippen LogP contribution is 2.39. The Bertz CT molecular complexity index is 1530. The van der Waals surface area contributed by atoms with Gasteiger partial charge in [0.05, 0.1) is 29.0 Å². The van der Waals surface area contributed by atoms with Gasteiger partial charge in [-0.25, -0.2) is 9.37 Å². The maximum absolute atomic E-state index is 14.3. The molecular formula is C33H42FN5O5S. The summed E-state index contributed by atoms with van der Waals surface area (Å²) in [7, 11) is 4.90. The third-order valence-electron chi connectivity index (χ3n) is 8.03. The van der Waals surface area contributed by atoms with Crippen LogP contribution in [0.5, 0.6) is 5.75 Å². The number of nitrogens with zero attached hydrogens (tertiary/aromatic N) is 2. The summed E-state index contributed by atoms with van der Waals surface area (Å²) >= 11 is 1.76. The van der Waals surface area contributed by atoms with Crippen molar-refractivity contribution >= 4 is 51.4 Å². The first-order chi connectivity index (χ1) is 21.7. The van der Waals surface area contributed by atoms with E-state index in [0.29, 0.717) is 12.1 Å². The van der Waals surface area contributed by atoms with E-state index in [1.165, 1.54) is 66.2 Å². The van der Waals surface area contributed by atoms with E-state index in [9.17, 15) is 18.8 Å². The van der Waals surface area contributed by atoms with Crippen LogP contribution in [0.25, 0.3) is 10.2 Å². The van der Waals surface area contributed by atoms with Crippen molar-refractivity contribution < 1.29 is 28.3 Å². The quantitative estimate of drug-likeness (QED) is 0.251. The van der Waals surface area contributed by atoms with Gasteiger partial charge in [-0.1, -0.05) is 32.1 Å². The summed E-state index contributed by atoms with van der Waals surface area (Å²) in [6.07, 6.45) is 11.0. The molecule has 3 aromatic rings. The number of hydrogen-bond acceptors (Lipinski definition) is 8. The van der Waals surface area contributed by atoms with Crippen molar-refractivity contribution in [1.29, 1.82) is 0 Å². The molecule has 45 heavy (non-hydrogen) atoms. The van der Waals surface area contributed by atoms with E-state index < -0.39 is 17.8 Å². The first kappa shape index (κ1) is 33.8. The first-order valence-corrected chi connectivity index (χ1v) is 16.2. The molecule has 2 aliphatic carbocycles. The predicted molar refractivity (Wildman–Crippen MR) is 173 cm³/mol. The molecule has 0 bridgehead atoms. The van der Waals surface area contributed by atoms with Gasteiger partial charge in [0.2, 0.25) is 18.2 Å². The van der Waals surface area contributed by atoms with Crippen molar-refractivity contribution in [2.24, 2.45) is 0 Å². The second-order valence-corrected chi connectivity index (χ2v) is 12.6. The summed E-state index contributed by atoms with van der Waals surface area (Å²) in [5.74, 6) is -0.0191. The lowest BCUT2D eigenvalue weighted by Crippen LogP contribution is -2.52. The molecule has 2 saturated carbocycles. The molecule has 4 amide bonds. The van der Waals surface area contributed by atoms with Gasteiger partial charge in [0.1, 0.15) is 17.3 Å². The summed E-state index contributed by atoms with van der Waals surface area (Å²) in [5, 5.41) is 8.30. The van der Waals surface area contributed by atoms with Gasteiger partial charge in [-0.2, -0.15) is 0 Å². The summed E-state index contributed by atoms with van der Waals surface area (Å²) < 4.78 is 21.0. The Morgan fingerprint density at radius 1 is 1.07 bits per heavy atom. The van der Waals surface area contributed by atoms with Crippen molar-refractivity contribution in [1.82, 2.24) is 20.5 Å². The van der Waals surface area contributed by atoms with Crippen LogP contribution in [0, 0.1) is 12.7 Å². The molecule has 1 saturated heterocycles. The lowest BCUT2D eigenvalue weighted by molar-refractivity contribution is -0.137. The number of aryl methyl sites for hydroxylation is 1. The monoisotopic (exact) mass is 639 g/mol. The number of benzene rings is 2. The molecule has 7 rings (SSSR count). The van der Waals surface area contributed by atoms with Crippen molar-refractivity contribution in [2.75, 3.05) is 26.5 Å². The van der Waals surface area contributed by atoms with Gasteiger partial charge in [0.15, 0.2) is 5.82 Å². The Morgan fingerprint density at radius 2 is 1.76 bits per heavy atom. The van der Waals surface area contributed by atoms with Crippen LogP contribution in [0.3, 0.4) is 0 Å². The van der Waals surface area contributed by atoms with E-state index in [1.807, 2.05) is 0 Å². The highest BCUT2D eigenvalue weighted by Gasteiger charge is 2.40. The molecule has 12 heteroatoms. The predicted octanol–water partition coefficient (Wildman–Crippen LogP) is 5.43. The molecule has 0 radical (unpaired) electrons. The fourth-order valence-corrected chi connectivity index (χ4v) is 6.47. The molecule has 1 unspecified atom stereocenters. The van der Waals surface area contributed by atoms with Crippen LogP contribution < -0.4 is 20.7 Å². The van der Waals surface area contributed by atoms with Crippen LogP contribution in [0.4, 0.5) is 10.1 Å². The third-order valence-corrected chi connectivity index (χ3v) is 8.94. The molecule has 3 heterocycles. The number of amides is 4. The topological polar surface area (TPSA) is 130 Å². The number of ether oxygens (including phenoxy) is 1. The van der Waals surface area contributed by atoms with Crippen molar-refractivity contribution in [3.63, 3.8) is 0 Å². The Hall–Kier alpha value is -4.06. The lowest BCUT2D eigenvalue weighted by atomic mass is 9.97. The highest BCUT2D eigenvalue weighted by molar-refractivity contribution is 7.18. The number of rotatable bonds is 5. The van der Waals surface area contributed by atoms with Gasteiger partial charge in [0.25, 0.3) is 5.91 Å². The van der Waals surface area contributed by atoms with Gasteiger partial charge in [-0.15, -0.1) is 11.3 Å².